The Morgan fingerprint density at radius 2 is 1.62 bits per heavy atom. The van der Waals surface area contributed by atoms with Crippen molar-refractivity contribution in [3.63, 3.8) is 0 Å². The van der Waals surface area contributed by atoms with Gasteiger partial charge in [0, 0.05) is 5.69 Å². The number of para-hydroxylation sites is 2. The molecule has 0 aromatic heterocycles. The number of carbonyl (C=O) groups excluding carboxylic acids is 2. The van der Waals surface area contributed by atoms with Crippen molar-refractivity contribution in [2.45, 2.75) is 47.1 Å². The van der Waals surface area contributed by atoms with Crippen molar-refractivity contribution in [1.82, 2.24) is 0 Å². The first-order valence-electron chi connectivity index (χ1n) is 11.6. The average Bonchev–Trinajstić information content (AvgIpc) is 3.04. The highest BCUT2D eigenvalue weighted by molar-refractivity contribution is 6.46. The summed E-state index contributed by atoms with van der Waals surface area (Å²) < 4.78 is 5.93. The van der Waals surface area contributed by atoms with E-state index in [2.05, 4.69) is 12.2 Å². The van der Waals surface area contributed by atoms with Gasteiger partial charge < -0.3 is 10.1 Å². The van der Waals surface area contributed by atoms with Crippen LogP contribution >= 0.6 is 0 Å². The summed E-state index contributed by atoms with van der Waals surface area (Å²) in [5.41, 5.74) is 5.78. The summed E-state index contributed by atoms with van der Waals surface area (Å²) in [4.78, 5) is 28.8. The van der Waals surface area contributed by atoms with Crippen molar-refractivity contribution in [2.24, 2.45) is 0 Å². The second-order valence-electron chi connectivity index (χ2n) is 8.82. The van der Waals surface area contributed by atoms with Crippen LogP contribution in [0.5, 0.6) is 5.75 Å². The Bertz CT molecular complexity index is 1270. The van der Waals surface area contributed by atoms with Gasteiger partial charge >= 0.3 is 0 Å². The zero-order chi connectivity index (χ0) is 24.4. The van der Waals surface area contributed by atoms with E-state index in [1.807, 2.05) is 76.2 Å². The minimum absolute atomic E-state index is 0.101. The number of anilines is 2. The van der Waals surface area contributed by atoms with Gasteiger partial charge in [-0.05, 0) is 75.1 Å². The standard InChI is InChI=1S/C29H30N2O3/c1-6-21-12-14-22(15-13-21)30-27-26(23-16-11-19(4)17-20(23)5)28(32)31(29(27)33)24-9-7-8-10-25(24)34-18(2)3/h7-18,30H,6H2,1-5H3. The van der Waals surface area contributed by atoms with Gasteiger partial charge in [-0.15, -0.1) is 0 Å². The Morgan fingerprint density at radius 3 is 2.26 bits per heavy atom. The minimum atomic E-state index is -0.403. The van der Waals surface area contributed by atoms with Crippen molar-refractivity contribution in [2.75, 3.05) is 10.2 Å². The number of hydrogen-bond donors (Lipinski definition) is 1. The largest absolute Gasteiger partial charge is 0.489 e. The molecule has 1 aliphatic heterocycles. The van der Waals surface area contributed by atoms with E-state index in [1.54, 1.807) is 18.2 Å². The number of nitrogens with zero attached hydrogens (tertiary/aromatic N) is 1. The molecule has 3 aromatic carbocycles. The van der Waals surface area contributed by atoms with Gasteiger partial charge in [0.15, 0.2) is 0 Å². The van der Waals surface area contributed by atoms with Gasteiger partial charge in [-0.2, -0.15) is 0 Å². The van der Waals surface area contributed by atoms with E-state index < -0.39 is 5.91 Å². The van der Waals surface area contributed by atoms with Crippen LogP contribution in [0.2, 0.25) is 0 Å². The van der Waals surface area contributed by atoms with Crippen LogP contribution in [0.25, 0.3) is 5.57 Å². The maximum atomic E-state index is 13.8. The summed E-state index contributed by atoms with van der Waals surface area (Å²) in [5.74, 6) is -0.281. The molecule has 0 spiro atoms. The van der Waals surface area contributed by atoms with E-state index in [1.165, 1.54) is 10.5 Å². The first-order chi connectivity index (χ1) is 16.3. The molecule has 0 atom stereocenters. The first kappa shape index (κ1) is 23.3. The van der Waals surface area contributed by atoms with Crippen molar-refractivity contribution in [3.8, 4) is 5.75 Å². The van der Waals surface area contributed by atoms with E-state index in [4.69, 9.17) is 4.74 Å². The third-order valence-electron chi connectivity index (χ3n) is 5.84. The second-order valence-corrected chi connectivity index (χ2v) is 8.82. The van der Waals surface area contributed by atoms with Crippen molar-refractivity contribution >= 4 is 28.8 Å². The number of benzene rings is 3. The Kier molecular flexibility index (Phi) is 6.55. The van der Waals surface area contributed by atoms with Crippen molar-refractivity contribution in [1.29, 1.82) is 0 Å². The molecule has 2 amide bonds. The molecule has 5 heteroatoms. The summed E-state index contributed by atoms with van der Waals surface area (Å²) >= 11 is 0. The molecule has 0 saturated carbocycles. The average molecular weight is 455 g/mol. The third-order valence-corrected chi connectivity index (χ3v) is 5.84. The quantitative estimate of drug-likeness (QED) is 0.442. The molecular formula is C29H30N2O3. The fourth-order valence-electron chi connectivity index (χ4n) is 4.17. The predicted molar refractivity (Wildman–Crippen MR) is 137 cm³/mol. The minimum Gasteiger partial charge on any atom is -0.489 e. The number of aryl methyl sites for hydroxylation is 3. The summed E-state index contributed by atoms with van der Waals surface area (Å²) in [6, 6.07) is 20.9. The van der Waals surface area contributed by atoms with E-state index in [-0.39, 0.29) is 17.7 Å². The van der Waals surface area contributed by atoms with Crippen LogP contribution in [0.15, 0.2) is 72.4 Å². The number of rotatable bonds is 7. The molecule has 1 N–H and O–H groups in total. The molecule has 1 heterocycles. The molecule has 34 heavy (non-hydrogen) atoms. The molecule has 0 unspecified atom stereocenters. The van der Waals surface area contributed by atoms with Gasteiger partial charge in [-0.1, -0.05) is 55.0 Å². The van der Waals surface area contributed by atoms with Gasteiger partial charge in [0.25, 0.3) is 11.8 Å². The van der Waals surface area contributed by atoms with Crippen LogP contribution in [0.4, 0.5) is 11.4 Å². The number of nitrogens with one attached hydrogen (secondary N) is 1. The Balaban J connectivity index is 1.84. The number of amides is 2. The van der Waals surface area contributed by atoms with Gasteiger partial charge in [-0.3, -0.25) is 9.59 Å². The van der Waals surface area contributed by atoms with Crippen LogP contribution < -0.4 is 15.0 Å². The molecule has 4 rings (SSSR count). The maximum absolute atomic E-state index is 13.8. The number of ether oxygens (including phenoxy) is 1. The summed E-state index contributed by atoms with van der Waals surface area (Å²) in [6.45, 7) is 9.89. The predicted octanol–water partition coefficient (Wildman–Crippen LogP) is 6.05. The monoisotopic (exact) mass is 454 g/mol. The number of carbonyl (C=O) groups is 2. The number of hydrogen-bond acceptors (Lipinski definition) is 4. The van der Waals surface area contributed by atoms with Gasteiger partial charge in [0.05, 0.1) is 17.4 Å². The van der Waals surface area contributed by atoms with Crippen LogP contribution in [-0.4, -0.2) is 17.9 Å². The smallest absolute Gasteiger partial charge is 0.282 e. The lowest BCUT2D eigenvalue weighted by Crippen LogP contribution is -2.33. The van der Waals surface area contributed by atoms with E-state index in [0.717, 1.165) is 28.8 Å². The van der Waals surface area contributed by atoms with Crippen LogP contribution in [-0.2, 0) is 16.0 Å². The van der Waals surface area contributed by atoms with Crippen LogP contribution in [0.3, 0.4) is 0 Å². The molecule has 0 saturated heterocycles. The molecule has 3 aromatic rings. The summed E-state index contributed by atoms with van der Waals surface area (Å²) in [6.07, 6.45) is 0.824. The molecule has 0 radical (unpaired) electrons. The third kappa shape index (κ3) is 4.46. The highest BCUT2D eigenvalue weighted by Crippen LogP contribution is 2.39. The van der Waals surface area contributed by atoms with Gasteiger partial charge in [0.1, 0.15) is 11.4 Å². The number of imide groups is 1. The first-order valence-corrected chi connectivity index (χ1v) is 11.6. The molecule has 5 nitrogen and oxygen atoms in total. The summed E-state index contributed by atoms with van der Waals surface area (Å²) in [7, 11) is 0. The van der Waals surface area contributed by atoms with Crippen LogP contribution in [0.1, 0.15) is 43.0 Å². The Morgan fingerprint density at radius 1 is 0.912 bits per heavy atom. The maximum Gasteiger partial charge on any atom is 0.282 e. The zero-order valence-corrected chi connectivity index (χ0v) is 20.3. The van der Waals surface area contributed by atoms with Gasteiger partial charge in [-0.25, -0.2) is 4.90 Å². The Labute approximate surface area is 201 Å². The molecule has 0 bridgehead atoms. The second kappa shape index (κ2) is 9.56. The lowest BCUT2D eigenvalue weighted by Gasteiger charge is -2.20. The topological polar surface area (TPSA) is 58.6 Å². The van der Waals surface area contributed by atoms with Crippen molar-refractivity contribution in [3.05, 3.63) is 94.7 Å². The molecule has 1 aliphatic rings. The Hall–Kier alpha value is -3.86. The van der Waals surface area contributed by atoms with E-state index >= 15 is 0 Å². The molecule has 0 fully saturated rings. The normalized spacial score (nSPS) is 13.8. The SMILES string of the molecule is CCc1ccc(NC2=C(c3ccc(C)cc3C)C(=O)N(c3ccccc3OC(C)C)C2=O)cc1. The zero-order valence-electron chi connectivity index (χ0n) is 20.3. The van der Waals surface area contributed by atoms with Crippen molar-refractivity contribution < 1.29 is 14.3 Å². The summed E-state index contributed by atoms with van der Waals surface area (Å²) in [5, 5.41) is 3.25. The molecule has 174 valence electrons. The fraction of sp³-hybridized carbons (Fsp3) is 0.241. The van der Waals surface area contributed by atoms with Crippen LogP contribution in [0, 0.1) is 13.8 Å². The highest BCUT2D eigenvalue weighted by Gasteiger charge is 2.42. The lowest BCUT2D eigenvalue weighted by molar-refractivity contribution is -0.120. The fourth-order valence-corrected chi connectivity index (χ4v) is 4.17. The van der Waals surface area contributed by atoms with Gasteiger partial charge in [0.2, 0.25) is 0 Å². The molecule has 0 aliphatic carbocycles. The lowest BCUT2D eigenvalue weighted by atomic mass is 9.97. The van der Waals surface area contributed by atoms with E-state index in [0.29, 0.717) is 17.0 Å². The highest BCUT2D eigenvalue weighted by atomic mass is 16.5. The molecular weight excluding hydrogens is 424 g/mol. The van der Waals surface area contributed by atoms with E-state index in [9.17, 15) is 9.59 Å².